The molecule has 6 heteroatoms. The summed E-state index contributed by atoms with van der Waals surface area (Å²) in [6.45, 7) is 0. The van der Waals surface area contributed by atoms with E-state index in [-0.39, 0.29) is 12.2 Å². The van der Waals surface area contributed by atoms with E-state index in [9.17, 15) is 9.00 Å². The highest BCUT2D eigenvalue weighted by Crippen LogP contribution is 2.30. The summed E-state index contributed by atoms with van der Waals surface area (Å²) >= 11 is 2.15. The first-order valence-corrected chi connectivity index (χ1v) is 7.39. The maximum atomic E-state index is 11.7. The summed E-state index contributed by atoms with van der Waals surface area (Å²) in [6.07, 6.45) is 1.27. The fourth-order valence-electron chi connectivity index (χ4n) is 1.67. The van der Waals surface area contributed by atoms with Crippen molar-refractivity contribution in [2.45, 2.75) is 11.3 Å². The number of carboxylic acids is 1. The van der Waals surface area contributed by atoms with Gasteiger partial charge in [-0.3, -0.25) is 9.00 Å². The van der Waals surface area contributed by atoms with Crippen molar-refractivity contribution in [1.29, 1.82) is 0 Å². The lowest BCUT2D eigenvalue weighted by Crippen LogP contribution is -2.02. The Morgan fingerprint density at radius 3 is 2.82 bits per heavy atom. The first-order valence-electron chi connectivity index (χ1n) is 4.75. The summed E-state index contributed by atoms with van der Waals surface area (Å²) in [5.74, 6) is -0.721. The van der Waals surface area contributed by atoms with Gasteiger partial charge in [0.15, 0.2) is 0 Å². The molecule has 2 rings (SSSR count). The Balaban J connectivity index is 2.71. The lowest BCUT2D eigenvalue weighted by atomic mass is 10.2. The van der Waals surface area contributed by atoms with E-state index in [1.807, 2.05) is 12.1 Å². The molecule has 0 aliphatic rings. The van der Waals surface area contributed by atoms with Gasteiger partial charge < -0.3 is 9.52 Å². The van der Waals surface area contributed by atoms with Crippen LogP contribution in [0.4, 0.5) is 0 Å². The second-order valence-electron chi connectivity index (χ2n) is 3.52. The molecule has 0 fully saturated rings. The Kier molecular flexibility index (Phi) is 3.53. The van der Waals surface area contributed by atoms with Crippen LogP contribution in [0, 0.1) is 3.57 Å². The quantitative estimate of drug-likeness (QED) is 0.850. The van der Waals surface area contributed by atoms with Crippen molar-refractivity contribution in [2.24, 2.45) is 0 Å². The highest BCUT2D eigenvalue weighted by Gasteiger charge is 2.19. The molecule has 4 nitrogen and oxygen atoms in total. The van der Waals surface area contributed by atoms with Gasteiger partial charge in [-0.15, -0.1) is 0 Å². The molecule has 1 aromatic heterocycles. The largest absolute Gasteiger partial charge is 0.481 e. The summed E-state index contributed by atoms with van der Waals surface area (Å²) in [6, 6.07) is 5.47. The van der Waals surface area contributed by atoms with E-state index >= 15 is 0 Å². The number of hydrogen-bond donors (Lipinski definition) is 1. The topological polar surface area (TPSA) is 67.5 Å². The van der Waals surface area contributed by atoms with Crippen LogP contribution in [0.1, 0.15) is 5.76 Å². The van der Waals surface area contributed by atoms with Crippen molar-refractivity contribution >= 4 is 50.3 Å². The number of halogens is 1. The van der Waals surface area contributed by atoms with Crippen LogP contribution in [0.3, 0.4) is 0 Å². The molecule has 1 N–H and O–H groups in total. The molecule has 0 bridgehead atoms. The SMILES string of the molecule is CS(=O)c1c(CC(=O)O)oc2ccc(I)cc12. The number of aliphatic carboxylic acids is 1. The zero-order valence-electron chi connectivity index (χ0n) is 8.90. The molecule has 17 heavy (non-hydrogen) atoms. The van der Waals surface area contributed by atoms with Crippen molar-refractivity contribution in [3.63, 3.8) is 0 Å². The lowest BCUT2D eigenvalue weighted by molar-refractivity contribution is -0.136. The van der Waals surface area contributed by atoms with Crippen molar-refractivity contribution in [3.8, 4) is 0 Å². The number of rotatable bonds is 3. The van der Waals surface area contributed by atoms with Crippen LogP contribution in [0.15, 0.2) is 27.5 Å². The summed E-state index contributed by atoms with van der Waals surface area (Å²) in [5.41, 5.74) is 0.576. The van der Waals surface area contributed by atoms with Crippen molar-refractivity contribution in [3.05, 3.63) is 27.5 Å². The molecule has 0 saturated heterocycles. The van der Waals surface area contributed by atoms with Gasteiger partial charge in [-0.2, -0.15) is 0 Å². The second kappa shape index (κ2) is 4.77. The molecule has 1 unspecified atom stereocenters. The zero-order valence-corrected chi connectivity index (χ0v) is 11.9. The van der Waals surface area contributed by atoms with Crippen LogP contribution in [0.2, 0.25) is 0 Å². The highest BCUT2D eigenvalue weighted by atomic mass is 127. The van der Waals surface area contributed by atoms with Crippen molar-refractivity contribution in [2.75, 3.05) is 6.26 Å². The fraction of sp³-hybridized carbons (Fsp3) is 0.182. The number of carbonyl (C=O) groups is 1. The van der Waals surface area contributed by atoms with Crippen LogP contribution in [0.25, 0.3) is 11.0 Å². The smallest absolute Gasteiger partial charge is 0.311 e. The predicted octanol–water partition coefficient (Wildman–Crippen LogP) is 2.40. The van der Waals surface area contributed by atoms with Gasteiger partial charge in [0.05, 0.1) is 15.7 Å². The van der Waals surface area contributed by atoms with Crippen LogP contribution in [0.5, 0.6) is 0 Å². The number of benzene rings is 1. The summed E-state index contributed by atoms with van der Waals surface area (Å²) in [7, 11) is -1.27. The van der Waals surface area contributed by atoms with Gasteiger partial charge in [-0.05, 0) is 40.8 Å². The van der Waals surface area contributed by atoms with E-state index < -0.39 is 16.8 Å². The van der Waals surface area contributed by atoms with Gasteiger partial charge in [0, 0.05) is 15.2 Å². The number of carboxylic acid groups (broad SMARTS) is 1. The molecular weight excluding hydrogens is 355 g/mol. The Bertz CT molecular complexity index is 617. The Morgan fingerprint density at radius 2 is 2.24 bits per heavy atom. The maximum absolute atomic E-state index is 11.7. The van der Waals surface area contributed by atoms with Gasteiger partial charge in [-0.1, -0.05) is 0 Å². The van der Waals surface area contributed by atoms with Crippen LogP contribution in [-0.2, 0) is 22.0 Å². The van der Waals surface area contributed by atoms with E-state index in [1.54, 1.807) is 6.07 Å². The third kappa shape index (κ3) is 2.52. The second-order valence-corrected chi connectivity index (χ2v) is 6.08. The van der Waals surface area contributed by atoms with Gasteiger partial charge in [0.25, 0.3) is 0 Å². The Labute approximate surface area is 114 Å². The van der Waals surface area contributed by atoms with E-state index in [2.05, 4.69) is 22.6 Å². The zero-order chi connectivity index (χ0) is 12.6. The van der Waals surface area contributed by atoms with E-state index in [4.69, 9.17) is 9.52 Å². The predicted molar refractivity (Wildman–Crippen MR) is 72.6 cm³/mol. The molecule has 0 spiro atoms. The molecule has 1 atom stereocenters. The molecule has 0 aliphatic heterocycles. The van der Waals surface area contributed by atoms with Gasteiger partial charge in [0.1, 0.15) is 17.8 Å². The average Bonchev–Trinajstić information content (AvgIpc) is 2.53. The first kappa shape index (κ1) is 12.6. The Hall–Kier alpha value is -0.890. The normalized spacial score (nSPS) is 12.8. The molecule has 0 amide bonds. The minimum absolute atomic E-state index is 0.250. The summed E-state index contributed by atoms with van der Waals surface area (Å²) in [4.78, 5) is 11.2. The molecule has 1 heterocycles. The fourth-order valence-corrected chi connectivity index (χ4v) is 3.06. The van der Waals surface area contributed by atoms with E-state index in [1.165, 1.54) is 6.26 Å². The number of hydrogen-bond acceptors (Lipinski definition) is 3. The molecule has 0 saturated carbocycles. The third-order valence-electron chi connectivity index (χ3n) is 2.27. The van der Waals surface area contributed by atoms with Crippen LogP contribution >= 0.6 is 22.6 Å². The van der Waals surface area contributed by atoms with Gasteiger partial charge >= 0.3 is 5.97 Å². The number of furan rings is 1. The molecular formula is C11H9IO4S. The minimum Gasteiger partial charge on any atom is -0.481 e. The summed E-state index contributed by atoms with van der Waals surface area (Å²) < 4.78 is 18.1. The summed E-state index contributed by atoms with van der Waals surface area (Å²) in [5, 5.41) is 9.52. The van der Waals surface area contributed by atoms with E-state index in [0.717, 1.165) is 8.96 Å². The molecule has 0 aliphatic carbocycles. The van der Waals surface area contributed by atoms with Crippen LogP contribution < -0.4 is 0 Å². The molecule has 2 aromatic rings. The third-order valence-corrected chi connectivity index (χ3v) is 3.97. The highest BCUT2D eigenvalue weighted by molar-refractivity contribution is 14.1. The molecule has 0 radical (unpaired) electrons. The monoisotopic (exact) mass is 364 g/mol. The van der Waals surface area contributed by atoms with E-state index in [0.29, 0.717) is 10.5 Å². The number of fused-ring (bicyclic) bond motifs is 1. The standard InChI is InChI=1S/C11H9IO4S/c1-17(15)11-7-4-6(12)2-3-8(7)16-9(11)5-10(13)14/h2-4H,5H2,1H3,(H,13,14). The molecule has 90 valence electrons. The van der Waals surface area contributed by atoms with Crippen molar-refractivity contribution < 1.29 is 18.5 Å². The van der Waals surface area contributed by atoms with Gasteiger partial charge in [-0.25, -0.2) is 0 Å². The Morgan fingerprint density at radius 1 is 1.53 bits per heavy atom. The lowest BCUT2D eigenvalue weighted by Gasteiger charge is -1.96. The van der Waals surface area contributed by atoms with Crippen LogP contribution in [-0.4, -0.2) is 21.5 Å². The maximum Gasteiger partial charge on any atom is 0.311 e. The van der Waals surface area contributed by atoms with Crippen molar-refractivity contribution in [1.82, 2.24) is 0 Å². The minimum atomic E-state index is -1.27. The average molecular weight is 364 g/mol. The first-order chi connectivity index (χ1) is 7.99. The molecule has 1 aromatic carbocycles. The van der Waals surface area contributed by atoms with Gasteiger partial charge in [0.2, 0.25) is 0 Å².